The van der Waals surface area contributed by atoms with Crippen molar-refractivity contribution in [2.45, 2.75) is 51.5 Å². The second-order valence-electron chi connectivity index (χ2n) is 5.65. The highest BCUT2D eigenvalue weighted by atomic mass is 16.4. The maximum Gasteiger partial charge on any atom is 0.326 e. The molecule has 1 aliphatic rings. The van der Waals surface area contributed by atoms with E-state index >= 15 is 0 Å². The number of likely N-dealkylation sites (tertiary alicyclic amines) is 1. The fourth-order valence-corrected chi connectivity index (χ4v) is 2.42. The van der Waals surface area contributed by atoms with Crippen molar-refractivity contribution < 1.29 is 24.6 Å². The molecule has 1 fully saturated rings. The second kappa shape index (κ2) is 8.49. The number of aliphatic carboxylic acids is 2. The molecule has 0 aliphatic carbocycles. The third-order valence-electron chi connectivity index (χ3n) is 3.78. The van der Waals surface area contributed by atoms with Crippen LogP contribution in [0.25, 0.3) is 0 Å². The number of carboxylic acids is 2. The van der Waals surface area contributed by atoms with E-state index in [1.54, 1.807) is 4.90 Å². The molecule has 0 spiro atoms. The molecule has 7 heteroatoms. The number of nitrogens with one attached hydrogen (secondary N) is 1. The molecule has 0 aromatic rings. The first-order valence-electron chi connectivity index (χ1n) is 7.40. The van der Waals surface area contributed by atoms with Crippen LogP contribution in [-0.4, -0.2) is 52.2 Å². The van der Waals surface area contributed by atoms with Gasteiger partial charge in [-0.25, -0.2) is 9.59 Å². The molecule has 2 atom stereocenters. The molecule has 0 bridgehead atoms. The van der Waals surface area contributed by atoms with Gasteiger partial charge in [-0.1, -0.05) is 6.92 Å². The molecule has 1 unspecified atom stereocenters. The molecule has 0 saturated carbocycles. The molecule has 7 nitrogen and oxygen atoms in total. The average Bonchev–Trinajstić information content (AvgIpc) is 2.61. The molecule has 1 saturated heterocycles. The van der Waals surface area contributed by atoms with E-state index < -0.39 is 18.0 Å². The van der Waals surface area contributed by atoms with E-state index in [9.17, 15) is 14.4 Å². The Kier molecular flexibility index (Phi) is 6.98. The summed E-state index contributed by atoms with van der Waals surface area (Å²) in [7, 11) is 0. The highest BCUT2D eigenvalue weighted by Crippen LogP contribution is 2.16. The second-order valence-corrected chi connectivity index (χ2v) is 5.65. The van der Waals surface area contributed by atoms with Crippen LogP contribution < -0.4 is 5.32 Å². The lowest BCUT2D eigenvalue weighted by atomic mass is 10.0. The quantitative estimate of drug-likeness (QED) is 0.689. The molecular weight excluding hydrogens is 276 g/mol. The van der Waals surface area contributed by atoms with E-state index in [1.807, 2.05) is 0 Å². The monoisotopic (exact) mass is 300 g/mol. The lowest BCUT2D eigenvalue weighted by molar-refractivity contribution is -0.140. The number of hydrogen-bond donors (Lipinski definition) is 3. The van der Waals surface area contributed by atoms with Crippen LogP contribution in [0.3, 0.4) is 0 Å². The number of urea groups is 1. The van der Waals surface area contributed by atoms with Crippen LogP contribution in [0.1, 0.15) is 45.4 Å². The minimum atomic E-state index is -1.13. The first-order chi connectivity index (χ1) is 9.90. The van der Waals surface area contributed by atoms with Crippen LogP contribution in [0.15, 0.2) is 0 Å². The van der Waals surface area contributed by atoms with Gasteiger partial charge in [-0.3, -0.25) is 4.79 Å². The van der Waals surface area contributed by atoms with Crippen molar-refractivity contribution >= 4 is 18.0 Å². The first kappa shape index (κ1) is 17.3. The molecule has 0 radical (unpaired) electrons. The number of amides is 2. The number of carboxylic acid groups (broad SMARTS) is 2. The zero-order valence-corrected chi connectivity index (χ0v) is 12.4. The highest BCUT2D eigenvalue weighted by Gasteiger charge is 2.24. The van der Waals surface area contributed by atoms with E-state index in [4.69, 9.17) is 10.2 Å². The van der Waals surface area contributed by atoms with Crippen LogP contribution in [-0.2, 0) is 9.59 Å². The predicted octanol–water partition coefficient (Wildman–Crippen LogP) is 1.53. The Labute approximate surface area is 124 Å². The molecule has 1 rings (SSSR count). The molecule has 120 valence electrons. The third kappa shape index (κ3) is 6.46. The lowest BCUT2D eigenvalue weighted by Crippen LogP contribution is -2.48. The van der Waals surface area contributed by atoms with Crippen molar-refractivity contribution in [3.8, 4) is 0 Å². The van der Waals surface area contributed by atoms with Crippen LogP contribution >= 0.6 is 0 Å². The van der Waals surface area contributed by atoms with Crippen molar-refractivity contribution in [3.05, 3.63) is 0 Å². The van der Waals surface area contributed by atoms with E-state index in [0.29, 0.717) is 19.0 Å². The summed E-state index contributed by atoms with van der Waals surface area (Å²) in [5.74, 6) is -1.52. The van der Waals surface area contributed by atoms with E-state index in [1.165, 1.54) is 0 Å². The summed E-state index contributed by atoms with van der Waals surface area (Å²) in [5.41, 5.74) is 0. The molecule has 1 heterocycles. The van der Waals surface area contributed by atoms with E-state index in [-0.39, 0.29) is 25.3 Å². The summed E-state index contributed by atoms with van der Waals surface area (Å²) >= 11 is 0. The number of carbonyl (C=O) groups is 3. The molecular formula is C14H24N2O5. The summed E-state index contributed by atoms with van der Waals surface area (Å²) in [6.45, 7) is 3.42. The van der Waals surface area contributed by atoms with Crippen molar-refractivity contribution in [1.29, 1.82) is 0 Å². The van der Waals surface area contributed by atoms with Gasteiger partial charge in [0, 0.05) is 19.5 Å². The maximum absolute atomic E-state index is 12.1. The van der Waals surface area contributed by atoms with Gasteiger partial charge in [0.25, 0.3) is 0 Å². The summed E-state index contributed by atoms with van der Waals surface area (Å²) in [4.78, 5) is 35.3. The fourth-order valence-electron chi connectivity index (χ4n) is 2.42. The Hall–Kier alpha value is -1.79. The highest BCUT2D eigenvalue weighted by molar-refractivity contribution is 5.82. The van der Waals surface area contributed by atoms with Crippen LogP contribution in [0.4, 0.5) is 4.79 Å². The van der Waals surface area contributed by atoms with Crippen molar-refractivity contribution in [3.63, 3.8) is 0 Å². The molecule has 2 amide bonds. The third-order valence-corrected chi connectivity index (χ3v) is 3.78. The van der Waals surface area contributed by atoms with Crippen LogP contribution in [0, 0.1) is 5.92 Å². The van der Waals surface area contributed by atoms with Gasteiger partial charge < -0.3 is 20.4 Å². The molecule has 1 aliphatic heterocycles. The molecule has 3 N–H and O–H groups in total. The summed E-state index contributed by atoms with van der Waals surface area (Å²) in [6, 6.07) is -1.40. The first-order valence-corrected chi connectivity index (χ1v) is 7.40. The van der Waals surface area contributed by atoms with Gasteiger partial charge in [0.1, 0.15) is 6.04 Å². The topological polar surface area (TPSA) is 107 Å². The largest absolute Gasteiger partial charge is 0.481 e. The Balaban J connectivity index is 2.47. The Morgan fingerprint density at radius 3 is 2.57 bits per heavy atom. The minimum absolute atomic E-state index is 0.0963. The predicted molar refractivity (Wildman–Crippen MR) is 76.0 cm³/mol. The molecule has 21 heavy (non-hydrogen) atoms. The zero-order chi connectivity index (χ0) is 15.8. The molecule has 0 aromatic carbocycles. The van der Waals surface area contributed by atoms with Crippen LogP contribution in [0.5, 0.6) is 0 Å². The normalized spacial score (nSPS) is 20.4. The van der Waals surface area contributed by atoms with Gasteiger partial charge in [0.2, 0.25) is 0 Å². The van der Waals surface area contributed by atoms with Crippen molar-refractivity contribution in [1.82, 2.24) is 10.2 Å². The van der Waals surface area contributed by atoms with Gasteiger partial charge in [-0.05, 0) is 38.0 Å². The summed E-state index contributed by atoms with van der Waals surface area (Å²) < 4.78 is 0. The van der Waals surface area contributed by atoms with Gasteiger partial charge in [0.15, 0.2) is 0 Å². The van der Waals surface area contributed by atoms with Gasteiger partial charge in [-0.15, -0.1) is 0 Å². The standard InChI is InChI=1S/C14H24N2O5/c1-10-4-3-8-16(9-7-10)14(21)15-11(13(19)20)5-2-6-12(17)18/h10-11H,2-9H2,1H3,(H,15,21)(H,17,18)(H,19,20)/t10?,11-/m1/s1. The Morgan fingerprint density at radius 1 is 1.24 bits per heavy atom. The van der Waals surface area contributed by atoms with E-state index in [0.717, 1.165) is 19.3 Å². The zero-order valence-electron chi connectivity index (χ0n) is 12.4. The lowest BCUT2D eigenvalue weighted by Gasteiger charge is -2.23. The smallest absolute Gasteiger partial charge is 0.326 e. The fraction of sp³-hybridized carbons (Fsp3) is 0.786. The average molecular weight is 300 g/mol. The maximum atomic E-state index is 12.1. The Morgan fingerprint density at radius 2 is 1.95 bits per heavy atom. The number of rotatable bonds is 6. The minimum Gasteiger partial charge on any atom is -0.481 e. The number of nitrogens with zero attached hydrogens (tertiary/aromatic N) is 1. The van der Waals surface area contributed by atoms with Crippen molar-refractivity contribution in [2.75, 3.05) is 13.1 Å². The van der Waals surface area contributed by atoms with Gasteiger partial charge in [0.05, 0.1) is 0 Å². The van der Waals surface area contributed by atoms with Gasteiger partial charge in [-0.2, -0.15) is 0 Å². The van der Waals surface area contributed by atoms with Crippen molar-refractivity contribution in [2.24, 2.45) is 5.92 Å². The Bertz CT molecular complexity index is 386. The van der Waals surface area contributed by atoms with E-state index in [2.05, 4.69) is 12.2 Å². The number of hydrogen-bond acceptors (Lipinski definition) is 3. The molecule has 0 aromatic heterocycles. The number of carbonyl (C=O) groups excluding carboxylic acids is 1. The van der Waals surface area contributed by atoms with Gasteiger partial charge >= 0.3 is 18.0 Å². The summed E-state index contributed by atoms with van der Waals surface area (Å²) in [5, 5.41) is 20.2. The summed E-state index contributed by atoms with van der Waals surface area (Å²) in [6.07, 6.45) is 3.17. The SMILES string of the molecule is CC1CCCN(C(=O)N[C@H](CCCC(=O)O)C(=O)O)CC1. The van der Waals surface area contributed by atoms with Crippen LogP contribution in [0.2, 0.25) is 0 Å².